The van der Waals surface area contributed by atoms with E-state index in [9.17, 15) is 14.7 Å². The molecular weight excluding hydrogens is 570 g/mol. The highest BCUT2D eigenvalue weighted by Gasteiger charge is 2.34. The Hall–Kier alpha value is -4.67. The van der Waals surface area contributed by atoms with Gasteiger partial charge in [0, 0.05) is 32.6 Å². The second-order valence-corrected chi connectivity index (χ2v) is 11.8. The third-order valence-corrected chi connectivity index (χ3v) is 8.02. The van der Waals surface area contributed by atoms with Crippen LogP contribution < -0.4 is 14.8 Å². The third kappa shape index (κ3) is 7.53. The predicted octanol–water partition coefficient (Wildman–Crippen LogP) is 5.13. The molecule has 1 aliphatic heterocycles. The van der Waals surface area contributed by atoms with Crippen LogP contribution in [0.4, 0.5) is 5.69 Å². The topological polar surface area (TPSA) is 109 Å². The van der Waals surface area contributed by atoms with Gasteiger partial charge in [-0.3, -0.25) is 19.2 Å². The number of amides is 2. The average Bonchev–Trinajstić information content (AvgIpc) is 3.37. The molecule has 10 nitrogen and oxygen atoms in total. The summed E-state index contributed by atoms with van der Waals surface area (Å²) in [5.41, 5.74) is 2.96. The predicted molar refractivity (Wildman–Crippen MR) is 173 cm³/mol. The summed E-state index contributed by atoms with van der Waals surface area (Å²) in [7, 11) is 3.74. The number of nitrogens with one attached hydrogen (secondary N) is 1. The van der Waals surface area contributed by atoms with Crippen molar-refractivity contribution in [2.45, 2.75) is 39.5 Å². The molecule has 0 bridgehead atoms. The van der Waals surface area contributed by atoms with E-state index in [2.05, 4.69) is 15.3 Å². The molecule has 3 atom stereocenters. The molecule has 1 aromatic heterocycles. The van der Waals surface area contributed by atoms with Gasteiger partial charge in [0.05, 0.1) is 29.6 Å². The Morgan fingerprint density at radius 1 is 1.11 bits per heavy atom. The highest BCUT2D eigenvalue weighted by atomic mass is 16.5. The van der Waals surface area contributed by atoms with Crippen molar-refractivity contribution in [3.05, 3.63) is 101 Å². The summed E-state index contributed by atoms with van der Waals surface area (Å²) in [6.07, 6.45) is -0.326. The van der Waals surface area contributed by atoms with Crippen LogP contribution in [0.2, 0.25) is 0 Å². The summed E-state index contributed by atoms with van der Waals surface area (Å²) in [6.45, 7) is 7.16. The van der Waals surface area contributed by atoms with E-state index in [1.165, 1.54) is 4.68 Å². The minimum Gasteiger partial charge on any atom is -0.486 e. The zero-order valence-electron chi connectivity index (χ0n) is 26.4. The quantitative estimate of drug-likeness (QED) is 0.256. The summed E-state index contributed by atoms with van der Waals surface area (Å²) in [5.74, 6) is 1.18. The number of aliphatic hydroxyl groups excluding tert-OH is 1. The average molecular weight is 612 g/mol. The molecule has 0 saturated carbocycles. The molecule has 0 aliphatic carbocycles. The van der Waals surface area contributed by atoms with Gasteiger partial charge in [-0.25, -0.2) is 0 Å². The normalized spacial score (nSPS) is 17.2. The van der Waals surface area contributed by atoms with Crippen LogP contribution in [0.25, 0.3) is 0 Å². The number of rotatable bonds is 10. The first-order chi connectivity index (χ1) is 21.6. The maximum absolute atomic E-state index is 13.8. The van der Waals surface area contributed by atoms with Gasteiger partial charge in [0.2, 0.25) is 0 Å². The van der Waals surface area contributed by atoms with Gasteiger partial charge < -0.3 is 24.8 Å². The lowest BCUT2D eigenvalue weighted by molar-refractivity contribution is 0.0343. The maximum atomic E-state index is 13.8. The number of nitrogens with zero attached hydrogens (tertiary/aromatic N) is 4. The number of fused-ring (bicyclic) bond motifs is 1. The lowest BCUT2D eigenvalue weighted by atomic mass is 9.98. The Kier molecular flexibility index (Phi) is 9.85. The van der Waals surface area contributed by atoms with Crippen LogP contribution in [0.1, 0.15) is 46.0 Å². The molecule has 0 radical (unpaired) electrons. The molecule has 4 aromatic rings. The first kappa shape index (κ1) is 31.7. The Labute approximate surface area is 264 Å². The number of benzene rings is 3. The van der Waals surface area contributed by atoms with Crippen molar-refractivity contribution in [3.63, 3.8) is 0 Å². The molecule has 236 valence electrons. The maximum Gasteiger partial charge on any atom is 0.274 e. The van der Waals surface area contributed by atoms with Crippen molar-refractivity contribution >= 4 is 17.5 Å². The number of carbonyl (C=O) groups is 2. The van der Waals surface area contributed by atoms with Gasteiger partial charge >= 0.3 is 0 Å². The SMILES string of the molecule is Cc1cc(C(=O)Nc2cccc3c2O[C@@H](CN(C)Cc2ccc(Oc4ccccc4)cc2)[C@H](C)CN(C(C)CO)C3=O)n(C)n1. The number of ether oxygens (including phenoxy) is 2. The van der Waals surface area contributed by atoms with Crippen molar-refractivity contribution in [1.29, 1.82) is 0 Å². The second kappa shape index (κ2) is 14.0. The van der Waals surface area contributed by atoms with Gasteiger partial charge in [-0.2, -0.15) is 5.10 Å². The summed E-state index contributed by atoms with van der Waals surface area (Å²) < 4.78 is 14.1. The van der Waals surface area contributed by atoms with E-state index in [-0.39, 0.29) is 30.4 Å². The summed E-state index contributed by atoms with van der Waals surface area (Å²) in [4.78, 5) is 30.9. The van der Waals surface area contributed by atoms with Gasteiger partial charge in [0.15, 0.2) is 5.75 Å². The minimum atomic E-state index is -0.392. The Morgan fingerprint density at radius 2 is 1.82 bits per heavy atom. The zero-order valence-corrected chi connectivity index (χ0v) is 26.4. The van der Waals surface area contributed by atoms with Gasteiger partial charge in [-0.1, -0.05) is 43.3 Å². The smallest absolute Gasteiger partial charge is 0.274 e. The number of para-hydroxylation sites is 2. The molecule has 5 rings (SSSR count). The largest absolute Gasteiger partial charge is 0.486 e. The van der Waals surface area contributed by atoms with Crippen molar-refractivity contribution in [3.8, 4) is 17.2 Å². The number of aryl methyl sites for hydroxylation is 2. The standard InChI is InChI=1S/C35H41N5O5/c1-23-19-40(25(3)22-41)35(43)29-12-9-13-30(36-34(42)31-18-24(2)37-39(31)5)33(29)45-32(23)21-38(4)20-26-14-16-28(17-15-26)44-27-10-7-6-8-11-27/h6-18,23,25,32,41H,19-22H2,1-5H3,(H,36,42)/t23-,25?,32+/m1/s1. The number of carbonyl (C=O) groups excluding carboxylic acids is 2. The molecule has 3 aromatic carbocycles. The first-order valence-electron chi connectivity index (χ1n) is 15.2. The van der Waals surface area contributed by atoms with Crippen LogP contribution in [-0.2, 0) is 13.6 Å². The number of likely N-dealkylation sites (N-methyl/N-ethyl adjacent to an activating group) is 1. The summed E-state index contributed by atoms with van der Waals surface area (Å²) >= 11 is 0. The van der Waals surface area contributed by atoms with E-state index in [1.807, 2.05) is 82.4 Å². The molecule has 2 N–H and O–H groups in total. The Bertz CT molecular complexity index is 1620. The van der Waals surface area contributed by atoms with Crippen LogP contribution in [0, 0.1) is 12.8 Å². The van der Waals surface area contributed by atoms with Crippen LogP contribution in [-0.4, -0.2) is 75.4 Å². The molecule has 0 spiro atoms. The molecule has 1 unspecified atom stereocenters. The molecule has 10 heteroatoms. The van der Waals surface area contributed by atoms with E-state index in [0.717, 1.165) is 22.8 Å². The van der Waals surface area contributed by atoms with Crippen LogP contribution in [0.3, 0.4) is 0 Å². The highest BCUT2D eigenvalue weighted by molar-refractivity contribution is 6.06. The molecule has 0 fully saturated rings. The zero-order chi connectivity index (χ0) is 32.1. The minimum absolute atomic E-state index is 0.0799. The van der Waals surface area contributed by atoms with Crippen molar-refractivity contribution in [2.24, 2.45) is 13.0 Å². The van der Waals surface area contributed by atoms with E-state index >= 15 is 0 Å². The number of anilines is 1. The van der Waals surface area contributed by atoms with E-state index in [1.54, 1.807) is 36.2 Å². The summed E-state index contributed by atoms with van der Waals surface area (Å²) in [5, 5.41) is 17.2. The third-order valence-electron chi connectivity index (χ3n) is 8.02. The fraction of sp³-hybridized carbons (Fsp3) is 0.343. The number of hydrogen-bond donors (Lipinski definition) is 2. The lowest BCUT2D eigenvalue weighted by Gasteiger charge is -2.38. The fourth-order valence-corrected chi connectivity index (χ4v) is 5.54. The van der Waals surface area contributed by atoms with E-state index < -0.39 is 6.04 Å². The number of aliphatic hydroxyl groups is 1. The van der Waals surface area contributed by atoms with Gasteiger partial charge in [-0.15, -0.1) is 0 Å². The molecule has 1 aliphatic rings. The number of hydrogen-bond acceptors (Lipinski definition) is 7. The summed E-state index contributed by atoms with van der Waals surface area (Å²) in [6, 6.07) is 24.2. The first-order valence-corrected chi connectivity index (χ1v) is 15.2. The lowest BCUT2D eigenvalue weighted by Crippen LogP contribution is -2.49. The molecule has 0 saturated heterocycles. The van der Waals surface area contributed by atoms with Crippen molar-refractivity contribution in [1.82, 2.24) is 19.6 Å². The van der Waals surface area contributed by atoms with Gasteiger partial charge in [0.1, 0.15) is 23.3 Å². The second-order valence-electron chi connectivity index (χ2n) is 11.8. The molecular formula is C35H41N5O5. The molecule has 45 heavy (non-hydrogen) atoms. The molecule has 2 amide bonds. The molecule has 2 heterocycles. The van der Waals surface area contributed by atoms with Crippen LogP contribution in [0.5, 0.6) is 17.2 Å². The van der Waals surface area contributed by atoms with Crippen molar-refractivity contribution < 1.29 is 24.2 Å². The van der Waals surface area contributed by atoms with Gasteiger partial charge in [-0.05, 0) is 68.9 Å². The highest BCUT2D eigenvalue weighted by Crippen LogP contribution is 2.35. The van der Waals surface area contributed by atoms with Crippen LogP contribution >= 0.6 is 0 Å². The monoisotopic (exact) mass is 611 g/mol. The van der Waals surface area contributed by atoms with Crippen molar-refractivity contribution in [2.75, 3.05) is 32.1 Å². The van der Waals surface area contributed by atoms with Crippen LogP contribution in [0.15, 0.2) is 78.9 Å². The van der Waals surface area contributed by atoms with E-state index in [0.29, 0.717) is 42.3 Å². The van der Waals surface area contributed by atoms with Gasteiger partial charge in [0.25, 0.3) is 11.8 Å². The van der Waals surface area contributed by atoms with E-state index in [4.69, 9.17) is 9.47 Å². The fourth-order valence-electron chi connectivity index (χ4n) is 5.54. The Balaban J connectivity index is 1.37. The number of aromatic nitrogens is 2. The Morgan fingerprint density at radius 3 is 2.49 bits per heavy atom.